The lowest BCUT2D eigenvalue weighted by Crippen LogP contribution is -2.59. The first-order chi connectivity index (χ1) is 18.5. The predicted octanol–water partition coefficient (Wildman–Crippen LogP) is 2.80. The molecule has 3 aliphatic rings. The van der Waals surface area contributed by atoms with Crippen molar-refractivity contribution in [3.63, 3.8) is 0 Å². The van der Waals surface area contributed by atoms with E-state index in [-0.39, 0.29) is 31.0 Å². The SMILES string of the molecule is O=C(NCc1ccccc1)C1COC2(CCN(C(=O)c3ccc4c(c3)OCO4)CC2)N1C(=O)c1ccco1. The molecule has 0 radical (unpaired) electrons. The van der Waals surface area contributed by atoms with Crippen molar-refractivity contribution < 1.29 is 33.0 Å². The minimum Gasteiger partial charge on any atom is -0.459 e. The summed E-state index contributed by atoms with van der Waals surface area (Å²) in [5.41, 5.74) is 0.428. The second kappa shape index (κ2) is 9.86. The van der Waals surface area contributed by atoms with Gasteiger partial charge in [-0.2, -0.15) is 0 Å². The van der Waals surface area contributed by atoms with Gasteiger partial charge in [0.05, 0.1) is 12.9 Å². The molecule has 1 atom stereocenters. The zero-order valence-corrected chi connectivity index (χ0v) is 20.6. The number of piperidine rings is 1. The molecule has 2 saturated heterocycles. The summed E-state index contributed by atoms with van der Waals surface area (Å²) in [5, 5.41) is 2.93. The van der Waals surface area contributed by atoms with E-state index < -0.39 is 17.7 Å². The van der Waals surface area contributed by atoms with Crippen LogP contribution in [0.2, 0.25) is 0 Å². The van der Waals surface area contributed by atoms with Crippen molar-refractivity contribution in [1.29, 1.82) is 0 Å². The molecule has 6 rings (SSSR count). The second-order valence-electron chi connectivity index (χ2n) is 9.49. The molecule has 3 aliphatic heterocycles. The maximum atomic E-state index is 13.6. The van der Waals surface area contributed by atoms with Crippen LogP contribution in [0, 0.1) is 0 Å². The fourth-order valence-corrected chi connectivity index (χ4v) is 5.26. The molecule has 3 amide bonds. The van der Waals surface area contributed by atoms with E-state index in [9.17, 15) is 14.4 Å². The molecule has 1 unspecified atom stereocenters. The van der Waals surface area contributed by atoms with Gasteiger partial charge in [-0.25, -0.2) is 0 Å². The van der Waals surface area contributed by atoms with Gasteiger partial charge < -0.3 is 28.8 Å². The largest absolute Gasteiger partial charge is 0.459 e. The number of furan rings is 1. The summed E-state index contributed by atoms with van der Waals surface area (Å²) in [6, 6.07) is 17.1. The van der Waals surface area contributed by atoms with E-state index in [2.05, 4.69) is 5.32 Å². The first kappa shape index (κ1) is 24.1. The Morgan fingerprint density at radius 2 is 1.71 bits per heavy atom. The van der Waals surface area contributed by atoms with Gasteiger partial charge in [-0.1, -0.05) is 30.3 Å². The van der Waals surface area contributed by atoms with E-state index in [0.29, 0.717) is 49.5 Å². The van der Waals surface area contributed by atoms with Crippen molar-refractivity contribution in [3.05, 3.63) is 83.8 Å². The molecule has 196 valence electrons. The number of carbonyl (C=O) groups is 3. The van der Waals surface area contributed by atoms with Crippen LogP contribution in [0.1, 0.15) is 39.3 Å². The Kier molecular flexibility index (Phi) is 6.24. The summed E-state index contributed by atoms with van der Waals surface area (Å²) in [6.45, 7) is 1.24. The van der Waals surface area contributed by atoms with E-state index >= 15 is 0 Å². The van der Waals surface area contributed by atoms with Gasteiger partial charge in [0.25, 0.3) is 11.8 Å². The van der Waals surface area contributed by atoms with E-state index in [1.54, 1.807) is 35.2 Å². The van der Waals surface area contributed by atoms with Gasteiger partial charge in [-0.3, -0.25) is 19.3 Å². The standard InChI is InChI=1S/C28H27N3O7/c32-25(29-16-19-5-2-1-3-6-19)21-17-38-28(31(21)27(34)23-7-4-14-35-23)10-12-30(13-11-28)26(33)20-8-9-22-24(15-20)37-18-36-22/h1-9,14-15,21H,10-13,16-18H2,(H,29,32). The summed E-state index contributed by atoms with van der Waals surface area (Å²) in [7, 11) is 0. The minimum atomic E-state index is -1.02. The van der Waals surface area contributed by atoms with E-state index in [1.165, 1.54) is 11.2 Å². The molecule has 10 nitrogen and oxygen atoms in total. The van der Waals surface area contributed by atoms with Crippen LogP contribution in [-0.2, 0) is 16.1 Å². The molecule has 10 heteroatoms. The fourth-order valence-electron chi connectivity index (χ4n) is 5.26. The number of carbonyl (C=O) groups excluding carboxylic acids is 3. The maximum absolute atomic E-state index is 13.6. The van der Waals surface area contributed by atoms with Gasteiger partial charge in [0.2, 0.25) is 12.7 Å². The van der Waals surface area contributed by atoms with Crippen LogP contribution in [0.5, 0.6) is 11.5 Å². The number of amides is 3. The van der Waals surface area contributed by atoms with Crippen molar-refractivity contribution in [2.24, 2.45) is 0 Å². The fraction of sp³-hybridized carbons (Fsp3) is 0.321. The Bertz CT molecular complexity index is 1330. The quantitative estimate of drug-likeness (QED) is 0.554. The topological polar surface area (TPSA) is 111 Å². The molecule has 0 aliphatic carbocycles. The van der Waals surface area contributed by atoms with Gasteiger partial charge in [-0.05, 0) is 35.9 Å². The number of benzene rings is 2. The highest BCUT2D eigenvalue weighted by atomic mass is 16.7. The van der Waals surface area contributed by atoms with Crippen LogP contribution in [0.4, 0.5) is 0 Å². The molecular formula is C28H27N3O7. The Hall–Kier alpha value is -4.31. The molecule has 38 heavy (non-hydrogen) atoms. The number of nitrogens with one attached hydrogen (secondary N) is 1. The van der Waals surface area contributed by atoms with Gasteiger partial charge >= 0.3 is 0 Å². The number of rotatable bonds is 5. The lowest BCUT2D eigenvalue weighted by Gasteiger charge is -2.44. The first-order valence-electron chi connectivity index (χ1n) is 12.6. The molecule has 1 spiro atoms. The van der Waals surface area contributed by atoms with Gasteiger partial charge in [0.1, 0.15) is 11.8 Å². The summed E-state index contributed by atoms with van der Waals surface area (Å²) in [6.07, 6.45) is 2.14. The molecular weight excluding hydrogens is 490 g/mol. The van der Waals surface area contributed by atoms with Crippen molar-refractivity contribution >= 4 is 17.7 Å². The van der Waals surface area contributed by atoms with Crippen molar-refractivity contribution in [2.75, 3.05) is 26.5 Å². The molecule has 2 aromatic carbocycles. The number of hydrogen-bond donors (Lipinski definition) is 1. The van der Waals surface area contributed by atoms with Crippen LogP contribution in [0.15, 0.2) is 71.3 Å². The normalized spacial score (nSPS) is 19.5. The Morgan fingerprint density at radius 3 is 2.47 bits per heavy atom. The van der Waals surface area contributed by atoms with Crippen LogP contribution in [0.25, 0.3) is 0 Å². The predicted molar refractivity (Wildman–Crippen MR) is 133 cm³/mol. The monoisotopic (exact) mass is 517 g/mol. The highest BCUT2D eigenvalue weighted by molar-refractivity contribution is 5.97. The summed E-state index contributed by atoms with van der Waals surface area (Å²) < 4.78 is 22.4. The third-order valence-electron chi connectivity index (χ3n) is 7.28. The zero-order chi connectivity index (χ0) is 26.1. The van der Waals surface area contributed by atoms with E-state index in [4.69, 9.17) is 18.6 Å². The lowest BCUT2D eigenvalue weighted by atomic mass is 9.96. The molecule has 1 aromatic heterocycles. The highest BCUT2D eigenvalue weighted by Gasteiger charge is 2.54. The average Bonchev–Trinajstić information content (AvgIpc) is 3.72. The molecule has 1 N–H and O–H groups in total. The Morgan fingerprint density at radius 1 is 0.921 bits per heavy atom. The van der Waals surface area contributed by atoms with Gasteiger partial charge in [0, 0.05) is 38.0 Å². The van der Waals surface area contributed by atoms with Crippen LogP contribution in [0.3, 0.4) is 0 Å². The zero-order valence-electron chi connectivity index (χ0n) is 20.6. The van der Waals surface area contributed by atoms with Crippen LogP contribution < -0.4 is 14.8 Å². The number of ether oxygens (including phenoxy) is 3. The third kappa shape index (κ3) is 4.37. The van der Waals surface area contributed by atoms with Crippen molar-refractivity contribution in [3.8, 4) is 11.5 Å². The van der Waals surface area contributed by atoms with Crippen LogP contribution >= 0.6 is 0 Å². The van der Waals surface area contributed by atoms with Crippen LogP contribution in [-0.4, -0.2) is 65.8 Å². The van der Waals surface area contributed by atoms with Crippen molar-refractivity contribution in [2.45, 2.75) is 31.2 Å². The van der Waals surface area contributed by atoms with E-state index in [0.717, 1.165) is 5.56 Å². The summed E-state index contributed by atoms with van der Waals surface area (Å²) in [5.74, 6) is 0.435. The number of likely N-dealkylation sites (tertiary alicyclic amines) is 1. The lowest BCUT2D eigenvalue weighted by molar-refractivity contribution is -0.128. The Balaban J connectivity index is 1.19. The molecule has 4 heterocycles. The number of nitrogens with zero attached hydrogens (tertiary/aromatic N) is 2. The third-order valence-corrected chi connectivity index (χ3v) is 7.28. The summed E-state index contributed by atoms with van der Waals surface area (Å²) >= 11 is 0. The Labute approximate surface area is 219 Å². The maximum Gasteiger partial charge on any atom is 0.292 e. The van der Waals surface area contributed by atoms with Crippen molar-refractivity contribution in [1.82, 2.24) is 15.1 Å². The highest BCUT2D eigenvalue weighted by Crippen LogP contribution is 2.39. The average molecular weight is 518 g/mol. The smallest absolute Gasteiger partial charge is 0.292 e. The molecule has 3 aromatic rings. The number of fused-ring (bicyclic) bond motifs is 1. The first-order valence-corrected chi connectivity index (χ1v) is 12.6. The minimum absolute atomic E-state index is 0.0587. The van der Waals surface area contributed by atoms with E-state index in [1.807, 2.05) is 30.3 Å². The van der Waals surface area contributed by atoms with Gasteiger partial charge in [0.15, 0.2) is 17.3 Å². The molecule has 0 bridgehead atoms. The number of hydrogen-bond acceptors (Lipinski definition) is 7. The molecule has 2 fully saturated rings. The van der Waals surface area contributed by atoms with Gasteiger partial charge in [-0.15, -0.1) is 0 Å². The summed E-state index contributed by atoms with van der Waals surface area (Å²) in [4.78, 5) is 43.3. The second-order valence-corrected chi connectivity index (χ2v) is 9.49. The molecule has 0 saturated carbocycles.